The predicted molar refractivity (Wildman–Crippen MR) is 73.5 cm³/mol. The van der Waals surface area contributed by atoms with Crippen LogP contribution in [0.15, 0.2) is 12.7 Å². The molecule has 0 spiro atoms. The SMILES string of the molecule is C=CCCCO[C@H]1O[C@H](CO)[C@@H](OC)[C@H](OC)[C@@H]1OC. The maximum atomic E-state index is 9.42. The molecule has 1 aliphatic heterocycles. The number of methoxy groups -OCH3 is 3. The lowest BCUT2D eigenvalue weighted by atomic mass is 9.98. The van der Waals surface area contributed by atoms with Crippen molar-refractivity contribution < 1.29 is 28.8 Å². The Kier molecular flexibility index (Phi) is 8.28. The van der Waals surface area contributed by atoms with Crippen LogP contribution in [0.25, 0.3) is 0 Å². The second-order valence-electron chi connectivity index (χ2n) is 4.63. The number of ether oxygens (including phenoxy) is 5. The van der Waals surface area contributed by atoms with Crippen LogP contribution in [0, 0.1) is 0 Å². The molecule has 0 saturated carbocycles. The van der Waals surface area contributed by atoms with Gasteiger partial charge in [-0.15, -0.1) is 6.58 Å². The van der Waals surface area contributed by atoms with E-state index in [0.29, 0.717) is 6.61 Å². The Balaban J connectivity index is 2.69. The van der Waals surface area contributed by atoms with Gasteiger partial charge >= 0.3 is 0 Å². The Labute approximate surface area is 120 Å². The highest BCUT2D eigenvalue weighted by atomic mass is 16.7. The van der Waals surface area contributed by atoms with E-state index in [4.69, 9.17) is 23.7 Å². The van der Waals surface area contributed by atoms with Crippen LogP contribution in [0.4, 0.5) is 0 Å². The molecular formula is C14H26O6. The second kappa shape index (κ2) is 9.44. The molecule has 0 aromatic rings. The molecule has 0 unspecified atom stereocenters. The van der Waals surface area contributed by atoms with Crippen LogP contribution in [-0.2, 0) is 23.7 Å². The van der Waals surface area contributed by atoms with Gasteiger partial charge in [0.15, 0.2) is 6.29 Å². The number of unbranched alkanes of at least 4 members (excludes halogenated alkanes) is 1. The number of allylic oxidation sites excluding steroid dienone is 1. The largest absolute Gasteiger partial charge is 0.394 e. The van der Waals surface area contributed by atoms with Crippen LogP contribution in [0.3, 0.4) is 0 Å². The van der Waals surface area contributed by atoms with Crippen LogP contribution >= 0.6 is 0 Å². The van der Waals surface area contributed by atoms with Gasteiger partial charge in [0.2, 0.25) is 0 Å². The number of rotatable bonds is 9. The molecule has 6 heteroatoms. The van der Waals surface area contributed by atoms with Gasteiger partial charge in [0.25, 0.3) is 0 Å². The van der Waals surface area contributed by atoms with Crippen molar-refractivity contribution in [3.05, 3.63) is 12.7 Å². The summed E-state index contributed by atoms with van der Waals surface area (Å²) in [5, 5.41) is 9.42. The van der Waals surface area contributed by atoms with E-state index in [9.17, 15) is 5.11 Å². The lowest BCUT2D eigenvalue weighted by Gasteiger charge is -2.44. The van der Waals surface area contributed by atoms with Crippen molar-refractivity contribution in [3.8, 4) is 0 Å². The molecule has 5 atom stereocenters. The third kappa shape index (κ3) is 4.25. The summed E-state index contributed by atoms with van der Waals surface area (Å²) in [5.41, 5.74) is 0. The van der Waals surface area contributed by atoms with E-state index in [0.717, 1.165) is 12.8 Å². The summed E-state index contributed by atoms with van der Waals surface area (Å²) in [4.78, 5) is 0. The molecule has 0 amide bonds. The van der Waals surface area contributed by atoms with E-state index < -0.39 is 24.6 Å². The van der Waals surface area contributed by atoms with Crippen molar-refractivity contribution in [3.63, 3.8) is 0 Å². The summed E-state index contributed by atoms with van der Waals surface area (Å²) in [5.74, 6) is 0. The molecule has 0 aromatic heterocycles. The Hall–Kier alpha value is -0.500. The van der Waals surface area contributed by atoms with E-state index >= 15 is 0 Å². The lowest BCUT2D eigenvalue weighted by Crippen LogP contribution is -2.61. The molecule has 0 radical (unpaired) electrons. The van der Waals surface area contributed by atoms with Gasteiger partial charge < -0.3 is 28.8 Å². The maximum absolute atomic E-state index is 9.42. The third-order valence-corrected chi connectivity index (χ3v) is 3.42. The van der Waals surface area contributed by atoms with Crippen LogP contribution in [0.2, 0.25) is 0 Å². The van der Waals surface area contributed by atoms with Gasteiger partial charge in [0, 0.05) is 21.3 Å². The van der Waals surface area contributed by atoms with Crippen molar-refractivity contribution in [2.24, 2.45) is 0 Å². The fourth-order valence-electron chi connectivity index (χ4n) is 2.39. The van der Waals surface area contributed by atoms with E-state index in [1.807, 2.05) is 6.08 Å². The van der Waals surface area contributed by atoms with Gasteiger partial charge in [0.05, 0.1) is 13.2 Å². The standard InChI is InChI=1S/C14H26O6/c1-5-6-7-8-19-14-13(18-4)12(17-3)11(16-2)10(9-15)20-14/h5,10-15H,1,6-9H2,2-4H3/t10-,11-,12+,13+,14+/m1/s1. The van der Waals surface area contributed by atoms with Gasteiger partial charge in [-0.05, 0) is 12.8 Å². The zero-order chi connectivity index (χ0) is 15.0. The van der Waals surface area contributed by atoms with E-state index in [1.54, 1.807) is 21.3 Å². The summed E-state index contributed by atoms with van der Waals surface area (Å²) >= 11 is 0. The molecule has 0 bridgehead atoms. The van der Waals surface area contributed by atoms with E-state index in [2.05, 4.69) is 6.58 Å². The lowest BCUT2D eigenvalue weighted by molar-refractivity contribution is -0.312. The minimum atomic E-state index is -0.585. The highest BCUT2D eigenvalue weighted by Crippen LogP contribution is 2.27. The van der Waals surface area contributed by atoms with Gasteiger partial charge in [0.1, 0.15) is 24.4 Å². The zero-order valence-corrected chi connectivity index (χ0v) is 12.5. The number of aliphatic hydroxyl groups is 1. The number of hydrogen-bond acceptors (Lipinski definition) is 6. The topological polar surface area (TPSA) is 66.4 Å². The highest BCUT2D eigenvalue weighted by Gasteiger charge is 2.47. The monoisotopic (exact) mass is 290 g/mol. The van der Waals surface area contributed by atoms with Crippen molar-refractivity contribution in [1.82, 2.24) is 0 Å². The number of aliphatic hydroxyl groups excluding tert-OH is 1. The molecule has 0 aliphatic carbocycles. The first-order valence-electron chi connectivity index (χ1n) is 6.80. The maximum Gasteiger partial charge on any atom is 0.186 e. The Morgan fingerprint density at radius 3 is 2.25 bits per heavy atom. The van der Waals surface area contributed by atoms with Crippen LogP contribution in [0.5, 0.6) is 0 Å². The van der Waals surface area contributed by atoms with Gasteiger partial charge in [-0.25, -0.2) is 0 Å². The molecule has 118 valence electrons. The predicted octanol–water partition coefficient (Wildman–Crippen LogP) is 0.731. The quantitative estimate of drug-likeness (QED) is 0.499. The molecule has 1 rings (SSSR count). The van der Waals surface area contributed by atoms with Crippen molar-refractivity contribution >= 4 is 0 Å². The summed E-state index contributed by atoms with van der Waals surface area (Å²) in [6, 6.07) is 0. The van der Waals surface area contributed by atoms with Gasteiger partial charge in [-0.3, -0.25) is 0 Å². The fraction of sp³-hybridized carbons (Fsp3) is 0.857. The minimum absolute atomic E-state index is 0.165. The molecule has 1 heterocycles. The summed E-state index contributed by atoms with van der Waals surface area (Å²) in [7, 11) is 4.71. The van der Waals surface area contributed by atoms with Crippen molar-refractivity contribution in [2.75, 3.05) is 34.5 Å². The normalized spacial score (nSPS) is 34.1. The third-order valence-electron chi connectivity index (χ3n) is 3.42. The molecule has 1 fully saturated rings. The van der Waals surface area contributed by atoms with Crippen LogP contribution in [0.1, 0.15) is 12.8 Å². The highest BCUT2D eigenvalue weighted by molar-refractivity contribution is 4.92. The van der Waals surface area contributed by atoms with Crippen LogP contribution < -0.4 is 0 Å². The van der Waals surface area contributed by atoms with Crippen LogP contribution in [-0.4, -0.2) is 70.4 Å². The zero-order valence-electron chi connectivity index (χ0n) is 12.5. The average Bonchev–Trinajstić information content (AvgIpc) is 2.49. The van der Waals surface area contributed by atoms with Gasteiger partial charge in [-0.2, -0.15) is 0 Å². The molecular weight excluding hydrogens is 264 g/mol. The Morgan fingerprint density at radius 1 is 1.10 bits per heavy atom. The summed E-state index contributed by atoms with van der Waals surface area (Å²) < 4.78 is 27.7. The minimum Gasteiger partial charge on any atom is -0.394 e. The average molecular weight is 290 g/mol. The summed E-state index contributed by atoms with van der Waals surface area (Å²) in [6.07, 6.45) is 1.32. The van der Waals surface area contributed by atoms with E-state index in [1.165, 1.54) is 0 Å². The Bertz CT molecular complexity index is 272. The number of hydrogen-bond donors (Lipinski definition) is 1. The molecule has 1 saturated heterocycles. The van der Waals surface area contributed by atoms with Crippen molar-refractivity contribution in [1.29, 1.82) is 0 Å². The fourth-order valence-corrected chi connectivity index (χ4v) is 2.39. The first-order chi connectivity index (χ1) is 9.73. The summed E-state index contributed by atoms with van der Waals surface area (Å²) in [6.45, 7) is 4.03. The molecule has 6 nitrogen and oxygen atoms in total. The Morgan fingerprint density at radius 2 is 1.75 bits per heavy atom. The molecule has 1 N–H and O–H groups in total. The molecule has 0 aromatic carbocycles. The van der Waals surface area contributed by atoms with Gasteiger partial charge in [-0.1, -0.05) is 6.08 Å². The van der Waals surface area contributed by atoms with E-state index in [-0.39, 0.29) is 12.7 Å². The van der Waals surface area contributed by atoms with Crippen molar-refractivity contribution in [2.45, 2.75) is 43.5 Å². The first-order valence-corrected chi connectivity index (χ1v) is 6.80. The molecule has 20 heavy (non-hydrogen) atoms. The smallest absolute Gasteiger partial charge is 0.186 e. The second-order valence-corrected chi connectivity index (χ2v) is 4.63. The first kappa shape index (κ1) is 17.6. The molecule has 1 aliphatic rings.